The molecule has 0 aliphatic carbocycles. The van der Waals surface area contributed by atoms with Gasteiger partial charge >= 0.3 is 0 Å². The highest BCUT2D eigenvalue weighted by Gasteiger charge is 2.15. The second kappa shape index (κ2) is 9.04. The highest BCUT2D eigenvalue weighted by molar-refractivity contribution is 7.09. The van der Waals surface area contributed by atoms with E-state index in [4.69, 9.17) is 4.42 Å². The Morgan fingerprint density at radius 1 is 1.16 bits per heavy atom. The fraction of sp³-hybridized carbons (Fsp3) is 0.240. The van der Waals surface area contributed by atoms with Crippen molar-refractivity contribution >= 4 is 33.9 Å². The molecule has 0 unspecified atom stereocenters. The Morgan fingerprint density at radius 2 is 2.00 bits per heavy atom. The number of rotatable bonds is 7. The lowest BCUT2D eigenvalue weighted by atomic mass is 10.1. The summed E-state index contributed by atoms with van der Waals surface area (Å²) in [6.45, 7) is 5.53. The summed E-state index contributed by atoms with van der Waals surface area (Å²) in [5.74, 6) is 0.296. The molecule has 1 N–H and O–H groups in total. The van der Waals surface area contributed by atoms with Crippen LogP contribution < -0.4 is 5.32 Å². The zero-order chi connectivity index (χ0) is 22.0. The fourth-order valence-corrected chi connectivity index (χ4v) is 4.57. The Labute approximate surface area is 185 Å². The number of nitrogens with one attached hydrogen (secondary N) is 1. The summed E-state index contributed by atoms with van der Waals surface area (Å²) in [4.78, 5) is 16.3. The molecule has 160 valence electrons. The molecule has 31 heavy (non-hydrogen) atoms. The first-order valence-electron chi connectivity index (χ1n) is 10.2. The summed E-state index contributed by atoms with van der Waals surface area (Å²) in [6.07, 6.45) is 0.856. The Balaban J connectivity index is 1.51. The summed E-state index contributed by atoms with van der Waals surface area (Å²) < 4.78 is 19.3. The maximum Gasteiger partial charge on any atom is 0.255 e. The van der Waals surface area contributed by atoms with Crippen LogP contribution in [0.2, 0.25) is 0 Å². The number of hydrogen-bond acceptors (Lipinski definition) is 4. The molecule has 4 rings (SSSR count). The molecule has 0 saturated carbocycles. The number of thiophene rings is 1. The van der Waals surface area contributed by atoms with Gasteiger partial charge in [-0.25, -0.2) is 4.39 Å². The van der Waals surface area contributed by atoms with Gasteiger partial charge in [0.2, 0.25) is 0 Å². The van der Waals surface area contributed by atoms with Gasteiger partial charge in [0.1, 0.15) is 17.2 Å². The molecule has 2 heterocycles. The van der Waals surface area contributed by atoms with Crippen molar-refractivity contribution < 1.29 is 13.6 Å². The molecule has 0 saturated heterocycles. The van der Waals surface area contributed by atoms with Crippen molar-refractivity contribution in [3.05, 3.63) is 87.1 Å². The SMILES string of the molecule is Cc1cc(F)ccc1C(=O)Nc1ccc2oc(C)c(CCN(C)Cc3cccs3)c2c1. The van der Waals surface area contributed by atoms with Gasteiger partial charge in [0.05, 0.1) is 0 Å². The van der Waals surface area contributed by atoms with Crippen LogP contribution in [0.25, 0.3) is 11.0 Å². The van der Waals surface area contributed by atoms with Crippen LogP contribution in [0.3, 0.4) is 0 Å². The number of hydrogen-bond donors (Lipinski definition) is 1. The number of nitrogens with zero attached hydrogens (tertiary/aromatic N) is 1. The van der Waals surface area contributed by atoms with Gasteiger partial charge in [0.25, 0.3) is 5.91 Å². The molecule has 0 aliphatic heterocycles. The van der Waals surface area contributed by atoms with Crippen LogP contribution in [0.5, 0.6) is 0 Å². The number of anilines is 1. The maximum absolute atomic E-state index is 13.3. The quantitative estimate of drug-likeness (QED) is 0.376. The molecule has 4 aromatic rings. The lowest BCUT2D eigenvalue weighted by molar-refractivity contribution is 0.102. The second-order valence-corrected chi connectivity index (χ2v) is 8.86. The molecular weight excluding hydrogens is 411 g/mol. The predicted molar refractivity (Wildman–Crippen MR) is 124 cm³/mol. The van der Waals surface area contributed by atoms with E-state index in [1.165, 1.54) is 23.1 Å². The minimum atomic E-state index is -0.349. The first-order valence-corrected chi connectivity index (χ1v) is 11.1. The van der Waals surface area contributed by atoms with Gasteiger partial charge < -0.3 is 14.6 Å². The van der Waals surface area contributed by atoms with Crippen LogP contribution >= 0.6 is 11.3 Å². The number of amides is 1. The molecule has 2 aromatic carbocycles. The first kappa shape index (κ1) is 21.3. The Bertz CT molecular complexity index is 1210. The molecular formula is C25H25FN2O2S. The molecule has 0 atom stereocenters. The zero-order valence-corrected chi connectivity index (χ0v) is 18.7. The third-order valence-electron chi connectivity index (χ3n) is 5.43. The normalized spacial score (nSPS) is 11.4. The molecule has 0 spiro atoms. The van der Waals surface area contributed by atoms with E-state index in [1.54, 1.807) is 18.3 Å². The van der Waals surface area contributed by atoms with Crippen molar-refractivity contribution in [3.63, 3.8) is 0 Å². The van der Waals surface area contributed by atoms with Gasteiger partial charge in [-0.3, -0.25) is 4.79 Å². The van der Waals surface area contributed by atoms with E-state index < -0.39 is 0 Å². The van der Waals surface area contributed by atoms with Crippen LogP contribution in [0.1, 0.15) is 32.1 Å². The Morgan fingerprint density at radius 3 is 2.74 bits per heavy atom. The van der Waals surface area contributed by atoms with Gasteiger partial charge in [-0.2, -0.15) is 0 Å². The largest absolute Gasteiger partial charge is 0.461 e. The first-order chi connectivity index (χ1) is 14.9. The third kappa shape index (κ3) is 4.86. The summed E-state index contributed by atoms with van der Waals surface area (Å²) in [5.41, 5.74) is 3.72. The van der Waals surface area contributed by atoms with Crippen LogP contribution in [0, 0.1) is 19.7 Å². The van der Waals surface area contributed by atoms with Crippen LogP contribution in [-0.4, -0.2) is 24.4 Å². The van der Waals surface area contributed by atoms with Crippen molar-refractivity contribution in [3.8, 4) is 0 Å². The van der Waals surface area contributed by atoms with Crippen LogP contribution in [0.15, 0.2) is 58.3 Å². The number of carbonyl (C=O) groups is 1. The second-order valence-electron chi connectivity index (χ2n) is 7.83. The van der Waals surface area contributed by atoms with E-state index in [0.717, 1.165) is 41.8 Å². The molecule has 0 bridgehead atoms. The zero-order valence-electron chi connectivity index (χ0n) is 17.9. The van der Waals surface area contributed by atoms with E-state index in [-0.39, 0.29) is 11.7 Å². The van der Waals surface area contributed by atoms with Crippen LogP contribution in [0.4, 0.5) is 10.1 Å². The van der Waals surface area contributed by atoms with Crippen molar-refractivity contribution in [2.75, 3.05) is 18.9 Å². The van der Waals surface area contributed by atoms with Crippen molar-refractivity contribution in [1.82, 2.24) is 4.90 Å². The molecule has 0 fully saturated rings. The molecule has 6 heteroatoms. The number of halogens is 1. The highest BCUT2D eigenvalue weighted by Crippen LogP contribution is 2.29. The number of aryl methyl sites for hydroxylation is 2. The van der Waals surface area contributed by atoms with Crippen molar-refractivity contribution in [2.45, 2.75) is 26.8 Å². The predicted octanol–water partition coefficient (Wildman–Crippen LogP) is 6.18. The lowest BCUT2D eigenvalue weighted by Gasteiger charge is -2.15. The topological polar surface area (TPSA) is 45.5 Å². The number of likely N-dealkylation sites (N-methyl/N-ethyl adjacent to an activating group) is 1. The summed E-state index contributed by atoms with van der Waals surface area (Å²) in [6, 6.07) is 14.1. The maximum atomic E-state index is 13.3. The number of carbonyl (C=O) groups excluding carboxylic acids is 1. The third-order valence-corrected chi connectivity index (χ3v) is 6.29. The van der Waals surface area contributed by atoms with Gasteiger partial charge in [-0.05, 0) is 80.7 Å². The molecule has 0 radical (unpaired) electrons. The average molecular weight is 437 g/mol. The van der Waals surface area contributed by atoms with Gasteiger partial charge in [0, 0.05) is 40.2 Å². The fourth-order valence-electron chi connectivity index (χ4n) is 3.79. The summed E-state index contributed by atoms with van der Waals surface area (Å²) >= 11 is 1.77. The van der Waals surface area contributed by atoms with E-state index in [2.05, 4.69) is 34.8 Å². The van der Waals surface area contributed by atoms with Crippen molar-refractivity contribution in [1.29, 1.82) is 0 Å². The minimum absolute atomic E-state index is 0.255. The lowest BCUT2D eigenvalue weighted by Crippen LogP contribution is -2.20. The minimum Gasteiger partial charge on any atom is -0.461 e. The Kier molecular flexibility index (Phi) is 6.20. The standard InChI is InChI=1S/C25H25FN2O2S/c1-16-13-18(26)6-8-21(16)25(29)27-19-7-9-24-23(14-19)22(17(2)30-24)10-11-28(3)15-20-5-4-12-31-20/h4-9,12-14H,10-11,15H2,1-3H3,(H,27,29). The van der Waals surface area contributed by atoms with Gasteiger partial charge in [-0.15, -0.1) is 11.3 Å². The van der Waals surface area contributed by atoms with E-state index in [9.17, 15) is 9.18 Å². The number of benzene rings is 2. The van der Waals surface area contributed by atoms with Crippen LogP contribution in [-0.2, 0) is 13.0 Å². The van der Waals surface area contributed by atoms with Crippen molar-refractivity contribution in [2.24, 2.45) is 0 Å². The summed E-state index contributed by atoms with van der Waals surface area (Å²) in [7, 11) is 2.12. The molecule has 0 aliphatic rings. The average Bonchev–Trinajstić information content (AvgIpc) is 3.33. The smallest absolute Gasteiger partial charge is 0.255 e. The summed E-state index contributed by atoms with van der Waals surface area (Å²) in [5, 5.41) is 6.04. The number of furan rings is 1. The van der Waals surface area contributed by atoms with Gasteiger partial charge in [0.15, 0.2) is 0 Å². The molecule has 1 amide bonds. The van der Waals surface area contributed by atoms with Gasteiger partial charge in [-0.1, -0.05) is 6.07 Å². The molecule has 4 nitrogen and oxygen atoms in total. The Hall–Kier alpha value is -2.96. The van der Waals surface area contributed by atoms with E-state index in [0.29, 0.717) is 16.8 Å². The number of fused-ring (bicyclic) bond motifs is 1. The van der Waals surface area contributed by atoms with E-state index >= 15 is 0 Å². The monoisotopic (exact) mass is 436 g/mol. The van der Waals surface area contributed by atoms with E-state index in [1.807, 2.05) is 25.1 Å². The molecule has 2 aromatic heterocycles. The highest BCUT2D eigenvalue weighted by atomic mass is 32.1.